The molecule has 0 bridgehead atoms. The average Bonchev–Trinajstić information content (AvgIpc) is 3.08. The molecule has 0 aromatic carbocycles. The molecule has 7 nitrogen and oxygen atoms in total. The number of carbonyl (C=O) groups excluding carboxylic acids is 1. The largest absolute Gasteiger partial charge is 0.309 e. The number of carbonyl (C=O) groups is 1. The highest BCUT2D eigenvalue weighted by molar-refractivity contribution is 7.14. The molecule has 1 amide bonds. The quantitative estimate of drug-likeness (QED) is 0.729. The number of pyridine rings is 1. The van der Waals surface area contributed by atoms with E-state index < -0.39 is 5.91 Å². The number of hydrogen-bond acceptors (Lipinski definition) is 6. The van der Waals surface area contributed by atoms with Crippen LogP contribution in [0.3, 0.4) is 0 Å². The van der Waals surface area contributed by atoms with Crippen molar-refractivity contribution in [2.75, 3.05) is 5.32 Å². The van der Waals surface area contributed by atoms with Gasteiger partial charge in [0, 0.05) is 23.2 Å². The lowest BCUT2D eigenvalue weighted by Gasteiger charge is -2.14. The van der Waals surface area contributed by atoms with E-state index in [2.05, 4.69) is 41.0 Å². The Labute approximate surface area is 167 Å². The predicted molar refractivity (Wildman–Crippen MR) is 110 cm³/mol. The topological polar surface area (TPSA) is 89.8 Å². The zero-order chi connectivity index (χ0) is 20.5. The SMILES string of the molecule is Cc1cnc(Cn2ccc(C)c(C(=O)Nc3nc(C(C)(C)C)cs3)c2=O)cn1. The molecule has 1 N–H and O–H groups in total. The summed E-state index contributed by atoms with van der Waals surface area (Å²) < 4.78 is 1.46. The van der Waals surface area contributed by atoms with Gasteiger partial charge in [-0.25, -0.2) is 4.98 Å². The van der Waals surface area contributed by atoms with E-state index in [1.165, 1.54) is 15.9 Å². The summed E-state index contributed by atoms with van der Waals surface area (Å²) in [5.74, 6) is -0.457. The molecule has 0 saturated carbocycles. The Bertz CT molecular complexity index is 1060. The molecule has 3 rings (SSSR count). The molecular formula is C20H23N5O2S. The van der Waals surface area contributed by atoms with E-state index in [-0.39, 0.29) is 23.1 Å². The second kappa shape index (κ2) is 7.63. The molecule has 146 valence electrons. The minimum absolute atomic E-state index is 0.107. The van der Waals surface area contributed by atoms with Crippen LogP contribution in [0.5, 0.6) is 0 Å². The van der Waals surface area contributed by atoms with Gasteiger partial charge in [-0.1, -0.05) is 20.8 Å². The smallest absolute Gasteiger partial charge is 0.264 e. The molecule has 8 heteroatoms. The van der Waals surface area contributed by atoms with Gasteiger partial charge in [-0.15, -0.1) is 11.3 Å². The lowest BCUT2D eigenvalue weighted by molar-refractivity contribution is 0.102. The fraction of sp³-hybridized carbons (Fsp3) is 0.350. The summed E-state index contributed by atoms with van der Waals surface area (Å²) >= 11 is 1.35. The van der Waals surface area contributed by atoms with E-state index in [0.29, 0.717) is 16.4 Å². The third-order valence-electron chi connectivity index (χ3n) is 4.26. The van der Waals surface area contributed by atoms with Crippen LogP contribution in [0.1, 0.15) is 53.8 Å². The first-order valence-corrected chi connectivity index (χ1v) is 9.78. The van der Waals surface area contributed by atoms with Crippen molar-refractivity contribution in [2.45, 2.75) is 46.6 Å². The number of nitrogens with zero attached hydrogens (tertiary/aromatic N) is 4. The first-order chi connectivity index (χ1) is 13.1. The van der Waals surface area contributed by atoms with Gasteiger partial charge in [-0.3, -0.25) is 24.9 Å². The van der Waals surface area contributed by atoms with Crippen molar-refractivity contribution >= 4 is 22.4 Å². The van der Waals surface area contributed by atoms with Gasteiger partial charge in [0.2, 0.25) is 0 Å². The maximum atomic E-state index is 12.9. The van der Waals surface area contributed by atoms with E-state index in [9.17, 15) is 9.59 Å². The Balaban J connectivity index is 1.86. The van der Waals surface area contributed by atoms with Gasteiger partial charge in [0.1, 0.15) is 5.56 Å². The number of aryl methyl sites for hydroxylation is 2. The van der Waals surface area contributed by atoms with Crippen LogP contribution in [-0.2, 0) is 12.0 Å². The highest BCUT2D eigenvalue weighted by Crippen LogP contribution is 2.26. The Hall–Kier alpha value is -2.87. The van der Waals surface area contributed by atoms with E-state index in [1.54, 1.807) is 31.6 Å². The molecule has 0 aliphatic carbocycles. The van der Waals surface area contributed by atoms with Crippen LogP contribution in [0.15, 0.2) is 34.8 Å². The Kier molecular flexibility index (Phi) is 5.42. The summed E-state index contributed by atoms with van der Waals surface area (Å²) in [7, 11) is 0. The summed E-state index contributed by atoms with van der Waals surface area (Å²) in [6, 6.07) is 1.75. The standard InChI is InChI=1S/C20H23N5O2S/c1-12-6-7-25(10-14-9-21-13(2)8-22-14)18(27)16(12)17(26)24-19-23-15(11-28-19)20(3,4)5/h6-9,11H,10H2,1-5H3,(H,23,24,26). The summed E-state index contributed by atoms with van der Waals surface area (Å²) in [6.07, 6.45) is 4.94. The van der Waals surface area contributed by atoms with Crippen LogP contribution < -0.4 is 10.9 Å². The van der Waals surface area contributed by atoms with E-state index >= 15 is 0 Å². The maximum absolute atomic E-state index is 12.9. The zero-order valence-corrected chi connectivity index (χ0v) is 17.4. The number of nitrogens with one attached hydrogen (secondary N) is 1. The first-order valence-electron chi connectivity index (χ1n) is 8.90. The number of aromatic nitrogens is 4. The number of hydrogen-bond donors (Lipinski definition) is 1. The van der Waals surface area contributed by atoms with Crippen molar-refractivity contribution in [1.29, 1.82) is 0 Å². The molecule has 0 unspecified atom stereocenters. The lowest BCUT2D eigenvalue weighted by Crippen LogP contribution is -2.30. The van der Waals surface area contributed by atoms with Crippen molar-refractivity contribution < 1.29 is 4.79 Å². The summed E-state index contributed by atoms with van der Waals surface area (Å²) in [4.78, 5) is 38.6. The Morgan fingerprint density at radius 2 is 1.96 bits per heavy atom. The molecule has 0 spiro atoms. The summed E-state index contributed by atoms with van der Waals surface area (Å²) in [6.45, 7) is 10.0. The van der Waals surface area contributed by atoms with Crippen LogP contribution >= 0.6 is 11.3 Å². The van der Waals surface area contributed by atoms with Gasteiger partial charge in [0.05, 0.1) is 29.8 Å². The molecule has 0 radical (unpaired) electrons. The monoisotopic (exact) mass is 397 g/mol. The van der Waals surface area contributed by atoms with Crippen molar-refractivity contribution in [2.24, 2.45) is 0 Å². The van der Waals surface area contributed by atoms with Gasteiger partial charge in [0.25, 0.3) is 11.5 Å². The molecule has 28 heavy (non-hydrogen) atoms. The first kappa shape index (κ1) is 19.9. The van der Waals surface area contributed by atoms with Crippen LogP contribution in [0.25, 0.3) is 0 Å². The molecular weight excluding hydrogens is 374 g/mol. The molecule has 0 aliphatic rings. The second-order valence-electron chi connectivity index (χ2n) is 7.70. The lowest BCUT2D eigenvalue weighted by atomic mass is 9.93. The van der Waals surface area contributed by atoms with Crippen LogP contribution in [0, 0.1) is 13.8 Å². The molecule has 3 aromatic heterocycles. The molecule has 3 heterocycles. The summed E-state index contributed by atoms with van der Waals surface area (Å²) in [5.41, 5.74) is 2.59. The van der Waals surface area contributed by atoms with Crippen LogP contribution in [0.4, 0.5) is 5.13 Å². The second-order valence-corrected chi connectivity index (χ2v) is 8.56. The summed E-state index contributed by atoms with van der Waals surface area (Å²) in [5, 5.41) is 5.16. The zero-order valence-electron chi connectivity index (χ0n) is 16.6. The van der Waals surface area contributed by atoms with Crippen molar-refractivity contribution in [3.8, 4) is 0 Å². The number of amides is 1. The van der Waals surface area contributed by atoms with Crippen molar-refractivity contribution in [1.82, 2.24) is 19.5 Å². The highest BCUT2D eigenvalue weighted by atomic mass is 32.1. The molecule has 0 aliphatic heterocycles. The van der Waals surface area contributed by atoms with Crippen molar-refractivity contribution in [3.05, 3.63) is 68.6 Å². The van der Waals surface area contributed by atoms with Crippen LogP contribution in [-0.4, -0.2) is 25.4 Å². The maximum Gasteiger partial charge on any atom is 0.264 e. The van der Waals surface area contributed by atoms with Gasteiger partial charge in [-0.05, 0) is 25.5 Å². The highest BCUT2D eigenvalue weighted by Gasteiger charge is 2.20. The van der Waals surface area contributed by atoms with E-state index in [4.69, 9.17) is 0 Å². The Morgan fingerprint density at radius 1 is 1.21 bits per heavy atom. The molecule has 0 fully saturated rings. The molecule has 0 saturated heterocycles. The number of anilines is 1. The molecule has 3 aromatic rings. The average molecular weight is 398 g/mol. The third kappa shape index (κ3) is 4.33. The van der Waals surface area contributed by atoms with Gasteiger partial charge < -0.3 is 4.57 Å². The van der Waals surface area contributed by atoms with Gasteiger partial charge in [-0.2, -0.15) is 0 Å². The molecule has 0 atom stereocenters. The fourth-order valence-electron chi connectivity index (χ4n) is 2.58. The van der Waals surface area contributed by atoms with Gasteiger partial charge >= 0.3 is 0 Å². The number of rotatable bonds is 4. The van der Waals surface area contributed by atoms with Crippen molar-refractivity contribution in [3.63, 3.8) is 0 Å². The van der Waals surface area contributed by atoms with E-state index in [1.807, 2.05) is 12.3 Å². The minimum atomic E-state index is -0.457. The Morgan fingerprint density at radius 3 is 2.57 bits per heavy atom. The minimum Gasteiger partial charge on any atom is -0.309 e. The third-order valence-corrected chi connectivity index (χ3v) is 5.02. The van der Waals surface area contributed by atoms with Crippen LogP contribution in [0.2, 0.25) is 0 Å². The van der Waals surface area contributed by atoms with Gasteiger partial charge in [0.15, 0.2) is 5.13 Å². The normalized spacial score (nSPS) is 11.5. The van der Waals surface area contributed by atoms with E-state index in [0.717, 1.165) is 11.4 Å². The number of thiazole rings is 1. The fourth-order valence-corrected chi connectivity index (χ4v) is 3.51. The predicted octanol–water partition coefficient (Wildman–Crippen LogP) is 3.31.